The highest BCUT2D eigenvalue weighted by atomic mass is 32.2. The van der Waals surface area contributed by atoms with Gasteiger partial charge < -0.3 is 0 Å². The van der Waals surface area contributed by atoms with Gasteiger partial charge in [-0.2, -0.15) is 13.1 Å². The van der Waals surface area contributed by atoms with Crippen molar-refractivity contribution in [1.29, 1.82) is 0 Å². The van der Waals surface area contributed by atoms with E-state index in [2.05, 4.69) is 4.72 Å². The number of halogens is 1. The Labute approximate surface area is 82.1 Å². The molecule has 0 aromatic heterocycles. The van der Waals surface area contributed by atoms with Crippen molar-refractivity contribution in [3.8, 4) is 0 Å². The molecule has 0 heterocycles. The van der Waals surface area contributed by atoms with E-state index >= 15 is 0 Å². The predicted molar refractivity (Wildman–Crippen MR) is 51.1 cm³/mol. The lowest BCUT2D eigenvalue weighted by atomic mass is 10.1. The van der Waals surface area contributed by atoms with Crippen LogP contribution in [0.25, 0.3) is 0 Å². The Balaban J connectivity index is 2.85. The maximum atomic E-state index is 12.8. The van der Waals surface area contributed by atoms with Gasteiger partial charge in [-0.3, -0.25) is 0 Å². The molecule has 0 aliphatic carbocycles. The zero-order valence-electron chi connectivity index (χ0n) is 7.57. The van der Waals surface area contributed by atoms with Crippen molar-refractivity contribution in [2.45, 2.75) is 13.0 Å². The molecule has 6 heteroatoms. The molecule has 0 unspecified atom stereocenters. The van der Waals surface area contributed by atoms with Gasteiger partial charge in [-0.1, -0.05) is 12.1 Å². The highest BCUT2D eigenvalue weighted by Crippen LogP contribution is 2.13. The van der Waals surface area contributed by atoms with Crippen LogP contribution in [0.2, 0.25) is 0 Å². The molecular weight excluding hydrogens is 207 g/mol. The monoisotopic (exact) mass is 218 g/mol. The maximum absolute atomic E-state index is 12.8. The average Bonchev–Trinajstić information content (AvgIpc) is 2.01. The first-order valence-electron chi connectivity index (χ1n) is 3.94. The lowest BCUT2D eigenvalue weighted by molar-refractivity contribution is 0.566. The first kappa shape index (κ1) is 11.1. The summed E-state index contributed by atoms with van der Waals surface area (Å²) in [6.45, 7) is 1.58. The van der Waals surface area contributed by atoms with E-state index in [1.807, 2.05) is 0 Å². The molecule has 3 N–H and O–H groups in total. The predicted octanol–water partition coefficient (Wildman–Crippen LogP) is 0.680. The van der Waals surface area contributed by atoms with E-state index in [9.17, 15) is 12.8 Å². The van der Waals surface area contributed by atoms with Gasteiger partial charge in [0.1, 0.15) is 5.82 Å². The molecule has 1 aromatic rings. The molecule has 1 aromatic carbocycles. The molecular formula is C8H11FN2O2S. The first-order chi connectivity index (χ1) is 6.38. The van der Waals surface area contributed by atoms with Crippen LogP contribution >= 0.6 is 0 Å². The number of benzene rings is 1. The van der Waals surface area contributed by atoms with Crippen LogP contribution < -0.4 is 9.86 Å². The highest BCUT2D eigenvalue weighted by molar-refractivity contribution is 7.87. The Morgan fingerprint density at radius 1 is 1.50 bits per heavy atom. The third-order valence-corrected chi connectivity index (χ3v) is 2.37. The number of nitrogens with two attached hydrogens (primary N) is 1. The summed E-state index contributed by atoms with van der Waals surface area (Å²) >= 11 is 0. The molecule has 0 bridgehead atoms. The van der Waals surface area contributed by atoms with Gasteiger partial charge in [0, 0.05) is 6.04 Å². The Morgan fingerprint density at radius 2 is 2.14 bits per heavy atom. The van der Waals surface area contributed by atoms with Crippen molar-refractivity contribution in [2.75, 3.05) is 0 Å². The Morgan fingerprint density at radius 3 is 2.64 bits per heavy atom. The van der Waals surface area contributed by atoms with Crippen LogP contribution in [0.3, 0.4) is 0 Å². The molecule has 78 valence electrons. The average molecular weight is 218 g/mol. The summed E-state index contributed by atoms with van der Waals surface area (Å²) in [5, 5.41) is 4.78. The summed E-state index contributed by atoms with van der Waals surface area (Å²) in [6.07, 6.45) is 0. The van der Waals surface area contributed by atoms with E-state index < -0.39 is 22.1 Å². The molecule has 0 aliphatic rings. The van der Waals surface area contributed by atoms with Crippen LogP contribution in [0.15, 0.2) is 24.3 Å². The zero-order chi connectivity index (χ0) is 10.8. The minimum absolute atomic E-state index is 0.412. The molecule has 1 atom stereocenters. The lowest BCUT2D eigenvalue weighted by Gasteiger charge is -2.11. The van der Waals surface area contributed by atoms with Gasteiger partial charge in [-0.15, -0.1) is 0 Å². The number of hydrogen-bond acceptors (Lipinski definition) is 2. The van der Waals surface area contributed by atoms with E-state index in [4.69, 9.17) is 5.14 Å². The fourth-order valence-electron chi connectivity index (χ4n) is 1.09. The van der Waals surface area contributed by atoms with Crippen molar-refractivity contribution < 1.29 is 12.8 Å². The van der Waals surface area contributed by atoms with Crippen molar-refractivity contribution in [3.63, 3.8) is 0 Å². The fourth-order valence-corrected chi connectivity index (χ4v) is 1.72. The highest BCUT2D eigenvalue weighted by Gasteiger charge is 2.11. The topological polar surface area (TPSA) is 72.2 Å². The van der Waals surface area contributed by atoms with Gasteiger partial charge >= 0.3 is 0 Å². The smallest absolute Gasteiger partial charge is 0.216 e. The number of nitrogens with one attached hydrogen (secondary N) is 1. The molecule has 0 radical (unpaired) electrons. The van der Waals surface area contributed by atoms with E-state index in [1.54, 1.807) is 13.0 Å². The Bertz CT molecular complexity index is 419. The first-order valence-corrected chi connectivity index (χ1v) is 5.48. The van der Waals surface area contributed by atoms with Gasteiger partial charge in [0.2, 0.25) is 0 Å². The van der Waals surface area contributed by atoms with Gasteiger partial charge in [0.15, 0.2) is 0 Å². The Kier molecular flexibility index (Phi) is 3.20. The van der Waals surface area contributed by atoms with Gasteiger partial charge in [-0.25, -0.2) is 9.53 Å². The SMILES string of the molecule is C[C@H](NS(N)(=O)=O)c1cccc(F)c1. The molecule has 0 saturated carbocycles. The number of rotatable bonds is 3. The Hall–Kier alpha value is -0.980. The summed E-state index contributed by atoms with van der Waals surface area (Å²) in [7, 11) is -3.76. The molecule has 1 rings (SSSR count). The van der Waals surface area contributed by atoms with Crippen LogP contribution in [0, 0.1) is 5.82 Å². The van der Waals surface area contributed by atoms with Crippen LogP contribution in [0.5, 0.6) is 0 Å². The summed E-state index contributed by atoms with van der Waals surface area (Å²) in [5.41, 5.74) is 0.527. The van der Waals surface area contributed by atoms with Crippen LogP contribution in [-0.2, 0) is 10.2 Å². The zero-order valence-corrected chi connectivity index (χ0v) is 8.38. The van der Waals surface area contributed by atoms with Crippen molar-refractivity contribution >= 4 is 10.2 Å². The van der Waals surface area contributed by atoms with Crippen molar-refractivity contribution in [3.05, 3.63) is 35.6 Å². The second-order valence-corrected chi connectivity index (χ2v) is 4.27. The lowest BCUT2D eigenvalue weighted by Crippen LogP contribution is -2.32. The van der Waals surface area contributed by atoms with Crippen LogP contribution in [0.4, 0.5) is 4.39 Å². The summed E-state index contributed by atoms with van der Waals surface area (Å²) in [5.74, 6) is -0.412. The fraction of sp³-hybridized carbons (Fsp3) is 0.250. The minimum Gasteiger partial charge on any atom is -0.216 e. The van der Waals surface area contributed by atoms with Crippen molar-refractivity contribution in [2.24, 2.45) is 5.14 Å². The largest absolute Gasteiger partial charge is 0.274 e. The molecule has 0 saturated heterocycles. The van der Waals surface area contributed by atoms with E-state index in [1.165, 1.54) is 18.2 Å². The third kappa shape index (κ3) is 3.41. The van der Waals surface area contributed by atoms with E-state index in [-0.39, 0.29) is 0 Å². The molecule has 14 heavy (non-hydrogen) atoms. The summed E-state index contributed by atoms with van der Waals surface area (Å²) in [4.78, 5) is 0. The summed E-state index contributed by atoms with van der Waals surface area (Å²) in [6, 6.07) is 5.12. The van der Waals surface area contributed by atoms with Crippen LogP contribution in [-0.4, -0.2) is 8.42 Å². The maximum Gasteiger partial charge on any atom is 0.274 e. The molecule has 0 amide bonds. The molecule has 0 fully saturated rings. The van der Waals surface area contributed by atoms with Crippen molar-refractivity contribution in [1.82, 2.24) is 4.72 Å². The quantitative estimate of drug-likeness (QED) is 0.783. The summed E-state index contributed by atoms with van der Waals surface area (Å²) < 4.78 is 36.2. The van der Waals surface area contributed by atoms with E-state index in [0.29, 0.717) is 5.56 Å². The van der Waals surface area contributed by atoms with Gasteiger partial charge in [0.25, 0.3) is 10.2 Å². The van der Waals surface area contributed by atoms with E-state index in [0.717, 1.165) is 0 Å². The minimum atomic E-state index is -3.76. The standard InChI is InChI=1S/C8H11FN2O2S/c1-6(11-14(10,12)13)7-3-2-4-8(9)5-7/h2-6,11H,1H3,(H2,10,12,13)/t6-/m0/s1. The molecule has 0 spiro atoms. The number of hydrogen-bond donors (Lipinski definition) is 2. The van der Waals surface area contributed by atoms with Crippen LogP contribution in [0.1, 0.15) is 18.5 Å². The third-order valence-electron chi connectivity index (χ3n) is 1.69. The van der Waals surface area contributed by atoms with Gasteiger partial charge in [0.05, 0.1) is 0 Å². The van der Waals surface area contributed by atoms with Gasteiger partial charge in [-0.05, 0) is 24.6 Å². The molecule has 4 nitrogen and oxygen atoms in total. The second-order valence-electron chi connectivity index (χ2n) is 2.94. The second kappa shape index (κ2) is 4.04. The molecule has 0 aliphatic heterocycles. The normalized spacial score (nSPS) is 13.9.